The van der Waals surface area contributed by atoms with Crippen LogP contribution >= 0.6 is 0 Å². The summed E-state index contributed by atoms with van der Waals surface area (Å²) in [7, 11) is -1.45. The van der Waals surface area contributed by atoms with E-state index in [-0.39, 0.29) is 5.60 Å². The monoisotopic (exact) mass is 483 g/mol. The standard InChI is InChI=1S/C6H5N3.C6H7N.C4H9N3O.C3H9N3Si.C2H3N/c7-9-8-6-4-2-1-3-5-6;7-6-4-2-1-3-5-6;1-4(2,3)8-7-6-5;1-7(2,3)6-5-4;1-2-3/h1-5H;1-5H,7H2;1-3H3;1-3H3;1H3. The van der Waals surface area contributed by atoms with Gasteiger partial charge in [0.25, 0.3) is 0 Å². The number of nitrogens with two attached hydrogens (primary N) is 1. The molecule has 0 aliphatic heterocycles. The molecule has 34 heavy (non-hydrogen) atoms. The fraction of sp³-hybridized carbons (Fsp3) is 0.381. The zero-order chi connectivity index (χ0) is 26.9. The summed E-state index contributed by atoms with van der Waals surface area (Å²) in [6.07, 6.45) is 0. The maximum absolute atomic E-state index is 7.98. The molecule has 0 bridgehead atoms. The van der Waals surface area contributed by atoms with Crippen molar-refractivity contribution in [2.24, 2.45) is 15.2 Å². The van der Waals surface area contributed by atoms with Crippen LogP contribution in [0.15, 0.2) is 75.8 Å². The molecule has 2 aromatic rings. The molecule has 0 aromatic heterocycles. The quantitative estimate of drug-likeness (QED) is 0.114. The Morgan fingerprint density at radius 2 is 1.32 bits per heavy atom. The normalized spacial score (nSPS) is 8.53. The minimum absolute atomic E-state index is 0.369. The molecule has 0 amide bonds. The van der Waals surface area contributed by atoms with E-state index in [0.29, 0.717) is 5.69 Å². The summed E-state index contributed by atoms with van der Waals surface area (Å²) in [5.41, 5.74) is 30.1. The van der Waals surface area contributed by atoms with Crippen molar-refractivity contribution in [1.82, 2.24) is 0 Å². The van der Waals surface area contributed by atoms with Crippen LogP contribution in [0, 0.1) is 11.3 Å². The van der Waals surface area contributed by atoms with Crippen LogP contribution in [0.3, 0.4) is 0 Å². The molecule has 182 valence electrons. The van der Waals surface area contributed by atoms with E-state index in [1.54, 1.807) is 18.2 Å². The third-order valence-electron chi connectivity index (χ3n) is 2.41. The minimum atomic E-state index is -1.45. The van der Waals surface area contributed by atoms with E-state index in [0.717, 1.165) is 5.69 Å². The van der Waals surface area contributed by atoms with Gasteiger partial charge in [-0.2, -0.15) is 5.26 Å². The maximum Gasteiger partial charge on any atom is 0.146 e. The third kappa shape index (κ3) is 35.1. The summed E-state index contributed by atoms with van der Waals surface area (Å²) < 4.78 is 3.58. The van der Waals surface area contributed by atoms with Crippen LogP contribution in [0.2, 0.25) is 19.6 Å². The highest BCUT2D eigenvalue weighted by molar-refractivity contribution is 6.74. The first-order valence-corrected chi connectivity index (χ1v) is 13.3. The van der Waals surface area contributed by atoms with Crippen molar-refractivity contribution < 1.29 is 4.84 Å². The average molecular weight is 484 g/mol. The van der Waals surface area contributed by atoms with Gasteiger partial charge in [-0.25, -0.2) is 0 Å². The molecule has 2 N–H and O–H groups in total. The van der Waals surface area contributed by atoms with Gasteiger partial charge in [-0.1, -0.05) is 73.3 Å². The second-order valence-corrected chi connectivity index (χ2v) is 12.4. The van der Waals surface area contributed by atoms with E-state index in [9.17, 15) is 0 Å². The van der Waals surface area contributed by atoms with Gasteiger partial charge in [-0.15, -0.1) is 4.78 Å². The summed E-state index contributed by atoms with van der Waals surface area (Å²) in [6, 6.07) is 20.3. The number of para-hydroxylation sites is 1. The van der Waals surface area contributed by atoms with Crippen LogP contribution in [-0.2, 0) is 4.84 Å². The fourth-order valence-electron chi connectivity index (χ4n) is 1.27. The highest BCUT2D eigenvalue weighted by atomic mass is 28.3. The van der Waals surface area contributed by atoms with Crippen molar-refractivity contribution in [2.75, 3.05) is 5.73 Å². The van der Waals surface area contributed by atoms with Gasteiger partial charge in [0.05, 0.1) is 6.07 Å². The first-order valence-electron chi connectivity index (χ1n) is 9.87. The average Bonchev–Trinajstić information content (AvgIpc) is 2.74. The minimum Gasteiger partial charge on any atom is -0.428 e. The Morgan fingerprint density at radius 3 is 1.53 bits per heavy atom. The first-order chi connectivity index (χ1) is 15.9. The molecular formula is C21H33N11OSi. The van der Waals surface area contributed by atoms with E-state index in [4.69, 9.17) is 27.6 Å². The van der Waals surface area contributed by atoms with Crippen LogP contribution in [-0.4, -0.2) is 13.8 Å². The Labute approximate surface area is 201 Å². The highest BCUT2D eigenvalue weighted by Crippen LogP contribution is 2.08. The number of hydrogen-bond donors (Lipinski definition) is 1. The van der Waals surface area contributed by atoms with Gasteiger partial charge in [0.15, 0.2) is 0 Å². The fourth-order valence-corrected chi connectivity index (χ4v) is 1.54. The van der Waals surface area contributed by atoms with Crippen molar-refractivity contribution in [3.8, 4) is 6.07 Å². The number of nitrogens with zero attached hydrogens (tertiary/aromatic N) is 10. The second-order valence-electron chi connectivity index (χ2n) is 7.89. The molecule has 0 unspecified atom stereocenters. The van der Waals surface area contributed by atoms with Crippen LogP contribution in [0.4, 0.5) is 11.4 Å². The number of anilines is 1. The molecule has 0 aliphatic rings. The maximum atomic E-state index is 7.98. The Kier molecular flexibility index (Phi) is 22.1. The molecule has 0 heterocycles. The summed E-state index contributed by atoms with van der Waals surface area (Å²) in [4.78, 5) is 12.3. The molecule has 0 atom stereocenters. The van der Waals surface area contributed by atoms with Gasteiger partial charge in [-0.3, -0.25) is 0 Å². The first kappa shape index (κ1) is 34.3. The molecule has 2 aromatic carbocycles. The van der Waals surface area contributed by atoms with Gasteiger partial charge in [0.2, 0.25) is 0 Å². The third-order valence-corrected chi connectivity index (χ3v) is 3.10. The number of rotatable bonds is 3. The lowest BCUT2D eigenvalue weighted by molar-refractivity contribution is -0.00307. The zero-order valence-electron chi connectivity index (χ0n) is 20.7. The van der Waals surface area contributed by atoms with Crippen molar-refractivity contribution in [3.63, 3.8) is 0 Å². The van der Waals surface area contributed by atoms with Gasteiger partial charge in [0.1, 0.15) is 19.1 Å². The van der Waals surface area contributed by atoms with Gasteiger partial charge < -0.3 is 10.6 Å². The number of nitrogen functional groups attached to an aromatic ring is 1. The Bertz CT molecular complexity index is 946. The lowest BCUT2D eigenvalue weighted by Gasteiger charge is -2.14. The highest BCUT2D eigenvalue weighted by Gasteiger charge is 2.08. The van der Waals surface area contributed by atoms with Crippen LogP contribution in [0.25, 0.3) is 31.3 Å². The topological polar surface area (TPSA) is 205 Å². The number of hydrogen-bond acceptors (Lipinski definition) is 6. The Morgan fingerprint density at radius 1 is 0.882 bits per heavy atom. The number of benzene rings is 2. The molecule has 13 heteroatoms. The molecule has 0 aliphatic carbocycles. The molecular weight excluding hydrogens is 450 g/mol. The molecule has 0 saturated heterocycles. The van der Waals surface area contributed by atoms with E-state index in [2.05, 4.69) is 34.7 Å². The van der Waals surface area contributed by atoms with Crippen molar-refractivity contribution in [2.45, 2.75) is 52.9 Å². The van der Waals surface area contributed by atoms with E-state index in [1.807, 2.05) is 88.9 Å². The van der Waals surface area contributed by atoms with Crippen LogP contribution in [0.1, 0.15) is 27.7 Å². The van der Waals surface area contributed by atoms with E-state index >= 15 is 0 Å². The van der Waals surface area contributed by atoms with Crippen LogP contribution < -0.4 is 5.73 Å². The van der Waals surface area contributed by atoms with Crippen molar-refractivity contribution >= 4 is 19.6 Å². The molecule has 2 rings (SSSR count). The summed E-state index contributed by atoms with van der Waals surface area (Å²) in [5, 5.41) is 13.6. The Hall–Kier alpha value is -4.32. The molecule has 0 saturated carbocycles. The molecule has 0 radical (unpaired) electrons. The summed E-state index contributed by atoms with van der Waals surface area (Å²) >= 11 is 0. The largest absolute Gasteiger partial charge is 0.428 e. The van der Waals surface area contributed by atoms with E-state index in [1.165, 1.54) is 6.92 Å². The molecule has 0 fully saturated rings. The van der Waals surface area contributed by atoms with Crippen LogP contribution in [0.5, 0.6) is 0 Å². The number of azide groups is 3. The SMILES string of the molecule is CC#N.CC(C)(C)ON=[N+]=[N-].C[Si](C)(C)N=[N+]=[N-].Nc1ccccc1.[N-]=[N+]=Nc1ccccc1. The number of nitriles is 1. The molecule has 0 spiro atoms. The molecule has 12 nitrogen and oxygen atoms in total. The van der Waals surface area contributed by atoms with Gasteiger partial charge >= 0.3 is 0 Å². The van der Waals surface area contributed by atoms with Gasteiger partial charge in [-0.05, 0) is 54.4 Å². The van der Waals surface area contributed by atoms with E-state index < -0.39 is 8.24 Å². The second kappa shape index (κ2) is 21.9. The lowest BCUT2D eigenvalue weighted by Crippen LogP contribution is -2.14. The smallest absolute Gasteiger partial charge is 0.146 e. The Balaban J connectivity index is -0.000000364. The summed E-state index contributed by atoms with van der Waals surface area (Å²) in [5.74, 6) is 0. The van der Waals surface area contributed by atoms with Gasteiger partial charge in [0, 0.05) is 28.1 Å². The zero-order valence-corrected chi connectivity index (χ0v) is 21.7. The predicted molar refractivity (Wildman–Crippen MR) is 140 cm³/mol. The summed E-state index contributed by atoms with van der Waals surface area (Å²) in [6.45, 7) is 12.8. The lowest BCUT2D eigenvalue weighted by atomic mass is 10.2. The predicted octanol–water partition coefficient (Wildman–Crippen LogP) is 8.59. The van der Waals surface area contributed by atoms with Crippen molar-refractivity contribution in [3.05, 3.63) is 92.0 Å². The van der Waals surface area contributed by atoms with Crippen molar-refractivity contribution in [1.29, 1.82) is 5.26 Å².